The van der Waals surface area contributed by atoms with Crippen LogP contribution in [-0.2, 0) is 21.6 Å². The minimum atomic E-state index is -1.11. The summed E-state index contributed by atoms with van der Waals surface area (Å²) in [4.78, 5) is 0. The van der Waals surface area contributed by atoms with Crippen LogP contribution in [0.1, 0.15) is 0 Å². The van der Waals surface area contributed by atoms with Gasteiger partial charge in [-0.25, -0.2) is 0 Å². The van der Waals surface area contributed by atoms with Crippen LogP contribution in [0.3, 0.4) is 0 Å². The third kappa shape index (κ3) is 8.10. The van der Waals surface area contributed by atoms with E-state index in [0.717, 1.165) is 0 Å². The Morgan fingerprint density at radius 2 is 0.794 bits per heavy atom. The van der Waals surface area contributed by atoms with E-state index in [4.69, 9.17) is 0 Å². The molecule has 4 heteroatoms. The van der Waals surface area contributed by atoms with E-state index in [1.165, 1.54) is 21.5 Å². The Morgan fingerprint density at radius 3 is 1.18 bits per heavy atom. The smallest absolute Gasteiger partial charge is 0.0809 e. The molecule has 0 radical (unpaired) electrons. The molecule has 0 N–H and O–H groups in total. The van der Waals surface area contributed by atoms with Crippen molar-refractivity contribution < 1.29 is 46.4 Å². The van der Waals surface area contributed by atoms with Gasteiger partial charge in [-0.05, 0) is 0 Å². The average Bonchev–Trinajstić information content (AvgIpc) is 3.55. The summed E-state index contributed by atoms with van der Waals surface area (Å²) in [7, 11) is -1.11. The van der Waals surface area contributed by atoms with E-state index >= 15 is 0 Å². The van der Waals surface area contributed by atoms with E-state index in [-0.39, 0.29) is 24.8 Å². The minimum absolute atomic E-state index is 0. The Labute approximate surface area is 230 Å². The van der Waals surface area contributed by atoms with Gasteiger partial charge in [0.1, 0.15) is 0 Å². The molecule has 0 unspecified atom stereocenters. The topological polar surface area (TPSA) is 0 Å². The Bertz CT molecular complexity index is 1220. The monoisotopic (exact) mass is 618 g/mol. The second kappa shape index (κ2) is 15.2. The predicted octanol–water partition coefficient (Wildman–Crippen LogP) is 0.465. The van der Waals surface area contributed by atoms with Gasteiger partial charge < -0.3 is 24.8 Å². The van der Waals surface area contributed by atoms with Crippen molar-refractivity contribution in [2.45, 2.75) is 0 Å². The molecule has 168 valence electrons. The number of benzene rings is 4. The van der Waals surface area contributed by atoms with Gasteiger partial charge in [0.05, 0.1) is 0 Å². The van der Waals surface area contributed by atoms with Crippen LogP contribution in [0.4, 0.5) is 0 Å². The van der Waals surface area contributed by atoms with E-state index in [1.807, 2.05) is 0 Å². The molecule has 0 aliphatic rings. The molecule has 34 heavy (non-hydrogen) atoms. The molecule has 0 heterocycles. The number of fused-ring (bicyclic) bond motifs is 2. The third-order valence-electron chi connectivity index (χ3n) is 5.22. The van der Waals surface area contributed by atoms with Gasteiger partial charge in [-0.15, -0.1) is 59.3 Å². The zero-order chi connectivity index (χ0) is 22.0. The van der Waals surface area contributed by atoms with Crippen LogP contribution < -0.4 is 33.6 Å². The first-order valence-corrected chi connectivity index (χ1v) is 20.2. The molecule has 0 saturated carbocycles. The first kappa shape index (κ1) is 28.3. The van der Waals surface area contributed by atoms with Crippen LogP contribution in [0.25, 0.3) is 21.5 Å². The summed E-state index contributed by atoms with van der Waals surface area (Å²) in [5, 5.41) is 5.32. The summed E-state index contributed by atoms with van der Waals surface area (Å²) in [6.45, 7) is 0. The quantitative estimate of drug-likeness (QED) is 0.196. The maximum atomic E-state index is 2.27. The van der Waals surface area contributed by atoms with Crippen LogP contribution in [0.15, 0.2) is 146 Å². The maximum Gasteiger partial charge on any atom is -0.0809 e. The van der Waals surface area contributed by atoms with Crippen molar-refractivity contribution in [3.63, 3.8) is 0 Å². The van der Waals surface area contributed by atoms with Gasteiger partial charge in [0, 0.05) is 0 Å². The third-order valence-corrected chi connectivity index (χ3v) is 16.4. The van der Waals surface area contributed by atoms with Crippen LogP contribution >= 0.6 is 0 Å². The summed E-state index contributed by atoms with van der Waals surface area (Å²) in [6, 6.07) is 51.2. The molecule has 6 aromatic carbocycles. The molecule has 0 aliphatic heterocycles. The second-order valence-corrected chi connectivity index (χ2v) is 17.8. The van der Waals surface area contributed by atoms with Crippen LogP contribution in [0.5, 0.6) is 0 Å². The Kier molecular flexibility index (Phi) is 12.6. The summed E-state index contributed by atoms with van der Waals surface area (Å²) in [6.07, 6.45) is 0. The van der Waals surface area contributed by atoms with Gasteiger partial charge in [0.2, 0.25) is 0 Å². The Morgan fingerprint density at radius 1 is 0.441 bits per heavy atom. The average molecular weight is 619 g/mol. The van der Waals surface area contributed by atoms with Crippen molar-refractivity contribution >= 4 is 40.3 Å². The number of rotatable bonds is 2. The molecule has 0 spiro atoms. The summed E-state index contributed by atoms with van der Waals surface area (Å²) in [5.74, 6) is 0. The van der Waals surface area contributed by atoms with Gasteiger partial charge in [0.25, 0.3) is 0 Å². The maximum absolute atomic E-state index is 2.27. The van der Waals surface area contributed by atoms with E-state index in [9.17, 15) is 0 Å². The Balaban J connectivity index is 0.000000181. The summed E-state index contributed by atoms with van der Waals surface area (Å²) in [5.41, 5.74) is 0. The van der Waals surface area contributed by atoms with Gasteiger partial charge in [-0.3, -0.25) is 0 Å². The first-order valence-electron chi connectivity index (χ1n) is 10.7. The van der Waals surface area contributed by atoms with Crippen molar-refractivity contribution in [1.82, 2.24) is 0 Å². The van der Waals surface area contributed by atoms with E-state index in [1.54, 1.807) is 30.4 Å². The second-order valence-electron chi connectivity index (χ2n) is 7.42. The number of hydrogen-bond acceptors (Lipinski definition) is 0. The van der Waals surface area contributed by atoms with Crippen molar-refractivity contribution in [1.29, 1.82) is 0 Å². The van der Waals surface area contributed by atoms with E-state index in [2.05, 4.69) is 146 Å². The zero-order valence-electron chi connectivity index (χ0n) is 18.6. The molecule has 6 rings (SSSR count). The van der Waals surface area contributed by atoms with E-state index in [0.29, 0.717) is 0 Å². The minimum Gasteiger partial charge on any atom is -0.168 e. The summed E-state index contributed by atoms with van der Waals surface area (Å²) < 4.78 is 3.16. The molecule has 0 atom stereocenters. The predicted molar refractivity (Wildman–Crippen MR) is 137 cm³/mol. The van der Waals surface area contributed by atoms with Crippen molar-refractivity contribution in [3.05, 3.63) is 146 Å². The van der Waals surface area contributed by atoms with Crippen molar-refractivity contribution in [2.24, 2.45) is 0 Å². The van der Waals surface area contributed by atoms with E-state index < -0.39 is 9.98 Å². The molecule has 0 saturated heterocycles. The molecular formula is C30H24Cl2GeZr-2. The normalized spacial score (nSPS) is 9.47. The molecule has 0 fully saturated rings. The van der Waals surface area contributed by atoms with Crippen LogP contribution in [0, 0.1) is 0 Å². The van der Waals surface area contributed by atoms with Crippen molar-refractivity contribution in [2.75, 3.05) is 0 Å². The summed E-state index contributed by atoms with van der Waals surface area (Å²) >= 11 is 1.71. The fourth-order valence-corrected chi connectivity index (χ4v) is 10.7. The molecule has 0 nitrogen and oxygen atoms in total. The molecule has 0 aliphatic carbocycles. The first-order chi connectivity index (χ1) is 15.8. The number of hydrogen-bond donors (Lipinski definition) is 0. The van der Waals surface area contributed by atoms with Gasteiger partial charge in [-0.2, -0.15) is 35.0 Å². The molecular weight excluding hydrogens is 595 g/mol. The molecule has 6 aromatic rings. The zero-order valence-corrected chi connectivity index (χ0v) is 24.7. The van der Waals surface area contributed by atoms with Crippen molar-refractivity contribution in [3.8, 4) is 0 Å². The largest absolute Gasteiger partial charge is 0.168 e. The Hall–Kier alpha value is -1.89. The fraction of sp³-hybridized carbons (Fsp3) is 0. The molecule has 0 bridgehead atoms. The van der Waals surface area contributed by atoms with Gasteiger partial charge >= 0.3 is 101 Å². The van der Waals surface area contributed by atoms with Gasteiger partial charge in [0.15, 0.2) is 0 Å². The fourth-order valence-electron chi connectivity index (χ4n) is 3.52. The van der Waals surface area contributed by atoms with Crippen LogP contribution in [-0.4, -0.2) is 9.98 Å². The molecule has 0 aromatic heterocycles. The molecule has 0 amide bonds. The van der Waals surface area contributed by atoms with Gasteiger partial charge in [-0.1, -0.05) is 12.1 Å². The standard InChI is InChI=1S/C12H10Ge.2C9H7.2ClH.Zr/c1-3-7-11(8-4-1)13-12-9-5-2-6-10-12;2*1-2-5-9-7-3-6-8(9)4-1;;;/h1-10H;2*1-7H;2*1H;/q;2*-1;;;+2/p-2. The SMILES string of the molecule is [Cl-].[Cl-].[Zr+2]=[Ge]([c]1ccccc1)[c]1ccccc1.c1ccc2[cH-]ccc2c1.c1ccc2[cH-]ccc2c1. The van der Waals surface area contributed by atoms with Crippen LogP contribution in [0.2, 0.25) is 0 Å². The number of halogens is 2.